The van der Waals surface area contributed by atoms with E-state index in [-0.39, 0.29) is 0 Å². The molecule has 0 amide bonds. The largest absolute Gasteiger partial charge is 0.381 e. The Morgan fingerprint density at radius 1 is 1.62 bits per heavy atom. The first kappa shape index (κ1) is 11.6. The van der Waals surface area contributed by atoms with Gasteiger partial charge < -0.3 is 14.6 Å². The Morgan fingerprint density at radius 3 is 3.19 bits per heavy atom. The van der Waals surface area contributed by atoms with Gasteiger partial charge in [0, 0.05) is 37.5 Å². The van der Waals surface area contributed by atoms with Crippen LogP contribution in [0, 0.1) is 5.92 Å². The lowest BCUT2D eigenvalue weighted by Crippen LogP contribution is -2.40. The van der Waals surface area contributed by atoms with Gasteiger partial charge in [-0.1, -0.05) is 6.92 Å². The first-order valence-electron chi connectivity index (χ1n) is 6.17. The number of imidazole rings is 1. The topological polar surface area (TPSA) is 39.1 Å². The Hall–Kier alpha value is -0.870. The summed E-state index contributed by atoms with van der Waals surface area (Å²) in [4.78, 5) is 4.09. The van der Waals surface area contributed by atoms with Gasteiger partial charge in [-0.3, -0.25) is 0 Å². The predicted octanol–water partition coefficient (Wildman–Crippen LogP) is 1.29. The van der Waals surface area contributed by atoms with Crippen molar-refractivity contribution < 1.29 is 4.74 Å². The van der Waals surface area contributed by atoms with Gasteiger partial charge in [-0.25, -0.2) is 4.98 Å². The van der Waals surface area contributed by atoms with Gasteiger partial charge in [-0.05, 0) is 19.4 Å². The van der Waals surface area contributed by atoms with Crippen molar-refractivity contribution in [3.8, 4) is 0 Å². The highest BCUT2D eigenvalue weighted by Gasteiger charge is 2.25. The van der Waals surface area contributed by atoms with Gasteiger partial charge >= 0.3 is 0 Å². The van der Waals surface area contributed by atoms with Crippen LogP contribution in [0.5, 0.6) is 0 Å². The van der Waals surface area contributed by atoms with Crippen LogP contribution in [0.4, 0.5) is 0 Å². The number of nitrogens with one attached hydrogen (secondary N) is 1. The molecule has 90 valence electrons. The summed E-state index contributed by atoms with van der Waals surface area (Å²) in [7, 11) is 0. The molecule has 4 heteroatoms. The second kappa shape index (κ2) is 6.01. The molecule has 2 atom stereocenters. The van der Waals surface area contributed by atoms with Crippen LogP contribution in [-0.2, 0) is 11.3 Å². The van der Waals surface area contributed by atoms with Crippen LogP contribution in [0.3, 0.4) is 0 Å². The fourth-order valence-corrected chi connectivity index (χ4v) is 2.20. The molecule has 1 N–H and O–H groups in total. The van der Waals surface area contributed by atoms with E-state index in [1.165, 1.54) is 12.8 Å². The first-order valence-corrected chi connectivity index (χ1v) is 6.17. The highest BCUT2D eigenvalue weighted by molar-refractivity contribution is 4.83. The lowest BCUT2D eigenvalue weighted by Gasteiger charge is -2.24. The van der Waals surface area contributed by atoms with Gasteiger partial charge in [-0.15, -0.1) is 0 Å². The van der Waals surface area contributed by atoms with Gasteiger partial charge in [0.15, 0.2) is 0 Å². The van der Waals surface area contributed by atoms with Crippen molar-refractivity contribution in [1.82, 2.24) is 14.9 Å². The Kier molecular flexibility index (Phi) is 4.36. The summed E-state index contributed by atoms with van der Waals surface area (Å²) in [6.07, 6.45) is 8.10. The summed E-state index contributed by atoms with van der Waals surface area (Å²) in [5, 5.41) is 3.62. The summed E-state index contributed by atoms with van der Waals surface area (Å²) in [5.41, 5.74) is 0. The average molecular weight is 223 g/mol. The third-order valence-electron chi connectivity index (χ3n) is 3.16. The van der Waals surface area contributed by atoms with E-state index in [0.29, 0.717) is 12.0 Å². The smallest absolute Gasteiger partial charge is 0.0946 e. The van der Waals surface area contributed by atoms with E-state index >= 15 is 0 Å². The Labute approximate surface area is 97.0 Å². The van der Waals surface area contributed by atoms with E-state index in [9.17, 15) is 0 Å². The van der Waals surface area contributed by atoms with Crippen molar-refractivity contribution in [3.05, 3.63) is 18.7 Å². The molecule has 1 aliphatic heterocycles. The number of hydrogen-bond acceptors (Lipinski definition) is 3. The first-order chi connectivity index (χ1) is 7.90. The normalized spacial score (nSPS) is 22.4. The zero-order chi connectivity index (χ0) is 11.2. The summed E-state index contributed by atoms with van der Waals surface area (Å²) < 4.78 is 7.62. The molecule has 0 radical (unpaired) electrons. The van der Waals surface area contributed by atoms with E-state index in [1.54, 1.807) is 0 Å². The highest BCUT2D eigenvalue weighted by atomic mass is 16.5. The van der Waals surface area contributed by atoms with Crippen LogP contribution in [0.25, 0.3) is 0 Å². The maximum absolute atomic E-state index is 5.47. The van der Waals surface area contributed by atoms with E-state index < -0.39 is 0 Å². The van der Waals surface area contributed by atoms with Crippen LogP contribution >= 0.6 is 0 Å². The summed E-state index contributed by atoms with van der Waals surface area (Å²) in [6, 6.07) is 0.511. The quantitative estimate of drug-likeness (QED) is 0.790. The predicted molar refractivity (Wildman–Crippen MR) is 63.2 cm³/mol. The lowest BCUT2D eigenvalue weighted by molar-refractivity contribution is 0.173. The summed E-state index contributed by atoms with van der Waals surface area (Å²) in [5.74, 6) is 0.647. The monoisotopic (exact) mass is 223 g/mol. The minimum absolute atomic E-state index is 0.511. The van der Waals surface area contributed by atoms with Crippen molar-refractivity contribution in [2.45, 2.75) is 32.4 Å². The molecule has 1 aliphatic rings. The molecule has 1 aromatic rings. The maximum Gasteiger partial charge on any atom is 0.0946 e. The van der Waals surface area contributed by atoms with E-state index in [1.807, 2.05) is 18.7 Å². The minimum Gasteiger partial charge on any atom is -0.381 e. The Bertz CT molecular complexity index is 280. The third kappa shape index (κ3) is 3.06. The Morgan fingerprint density at radius 2 is 2.56 bits per heavy atom. The zero-order valence-electron chi connectivity index (χ0n) is 9.93. The van der Waals surface area contributed by atoms with Crippen LogP contribution in [0.1, 0.15) is 19.8 Å². The van der Waals surface area contributed by atoms with E-state index in [0.717, 1.165) is 26.3 Å². The molecule has 0 aliphatic carbocycles. The molecule has 4 nitrogen and oxygen atoms in total. The number of ether oxygens (including phenoxy) is 1. The van der Waals surface area contributed by atoms with Gasteiger partial charge in [0.1, 0.15) is 0 Å². The summed E-state index contributed by atoms with van der Waals surface area (Å²) >= 11 is 0. The van der Waals surface area contributed by atoms with Crippen LogP contribution in [-0.4, -0.2) is 35.4 Å². The second-order valence-corrected chi connectivity index (χ2v) is 4.44. The highest BCUT2D eigenvalue weighted by Crippen LogP contribution is 2.18. The molecule has 0 spiro atoms. The number of hydrogen-bond donors (Lipinski definition) is 1. The standard InChI is InChI=1S/C12H21N3O/c1-2-4-14-12(11-3-7-16-9-11)8-15-6-5-13-10-15/h5-6,10-12,14H,2-4,7-9H2,1H3. The molecule has 1 aromatic heterocycles. The number of rotatable bonds is 6. The molecular formula is C12H21N3O. The van der Waals surface area contributed by atoms with Gasteiger partial charge in [0.05, 0.1) is 12.9 Å². The van der Waals surface area contributed by atoms with E-state index in [4.69, 9.17) is 4.74 Å². The van der Waals surface area contributed by atoms with E-state index in [2.05, 4.69) is 21.8 Å². The Balaban J connectivity index is 1.90. The zero-order valence-corrected chi connectivity index (χ0v) is 9.93. The molecule has 0 saturated carbocycles. The molecule has 1 saturated heterocycles. The average Bonchev–Trinajstić information content (AvgIpc) is 2.96. The summed E-state index contributed by atoms with van der Waals surface area (Å²) in [6.45, 7) is 6.09. The molecule has 0 aromatic carbocycles. The van der Waals surface area contributed by atoms with Crippen LogP contribution in [0.2, 0.25) is 0 Å². The number of aromatic nitrogens is 2. The fourth-order valence-electron chi connectivity index (χ4n) is 2.20. The maximum atomic E-state index is 5.47. The molecule has 0 bridgehead atoms. The van der Waals surface area contributed by atoms with Crippen molar-refractivity contribution >= 4 is 0 Å². The fraction of sp³-hybridized carbons (Fsp3) is 0.750. The van der Waals surface area contributed by atoms with Crippen molar-refractivity contribution in [2.75, 3.05) is 19.8 Å². The molecular weight excluding hydrogens is 202 g/mol. The minimum atomic E-state index is 0.511. The SMILES string of the molecule is CCCNC(Cn1ccnc1)C1CCOC1. The molecule has 1 fully saturated rings. The van der Waals surface area contributed by atoms with Crippen molar-refractivity contribution in [1.29, 1.82) is 0 Å². The third-order valence-corrected chi connectivity index (χ3v) is 3.16. The van der Waals surface area contributed by atoms with Gasteiger partial charge in [0.2, 0.25) is 0 Å². The van der Waals surface area contributed by atoms with Gasteiger partial charge in [-0.2, -0.15) is 0 Å². The van der Waals surface area contributed by atoms with Crippen molar-refractivity contribution in [3.63, 3.8) is 0 Å². The molecule has 2 rings (SSSR count). The van der Waals surface area contributed by atoms with Crippen LogP contribution in [0.15, 0.2) is 18.7 Å². The molecule has 2 heterocycles. The molecule has 2 unspecified atom stereocenters. The van der Waals surface area contributed by atoms with Crippen molar-refractivity contribution in [2.24, 2.45) is 5.92 Å². The molecule has 16 heavy (non-hydrogen) atoms. The second-order valence-electron chi connectivity index (χ2n) is 4.44. The van der Waals surface area contributed by atoms with Crippen LogP contribution < -0.4 is 5.32 Å². The lowest BCUT2D eigenvalue weighted by atomic mass is 9.99. The van der Waals surface area contributed by atoms with Gasteiger partial charge in [0.25, 0.3) is 0 Å². The number of nitrogens with zero attached hydrogens (tertiary/aromatic N) is 2.